The van der Waals surface area contributed by atoms with Crippen LogP contribution in [0.15, 0.2) is 24.3 Å². The van der Waals surface area contributed by atoms with Crippen LogP contribution in [-0.2, 0) is 31.8 Å². The molecule has 3 unspecified atom stereocenters. The Labute approximate surface area is 181 Å². The first-order valence-electron chi connectivity index (χ1n) is 10.4. The third kappa shape index (κ3) is 10.8. The van der Waals surface area contributed by atoms with Crippen LogP contribution < -0.4 is 10.6 Å². The van der Waals surface area contributed by atoms with Crippen LogP contribution in [0.3, 0.4) is 0 Å². The summed E-state index contributed by atoms with van der Waals surface area (Å²) in [5.41, 5.74) is -0.184. The number of benzene rings is 1. The first-order valence-corrected chi connectivity index (χ1v) is 10.4. The predicted molar refractivity (Wildman–Crippen MR) is 111 cm³/mol. The van der Waals surface area contributed by atoms with E-state index in [0.29, 0.717) is 11.8 Å². The van der Waals surface area contributed by atoms with Crippen LogP contribution in [0, 0.1) is 5.92 Å². The zero-order valence-electron chi connectivity index (χ0n) is 18.3. The molecule has 1 saturated heterocycles. The van der Waals surface area contributed by atoms with Gasteiger partial charge < -0.3 is 24.9 Å². The Morgan fingerprint density at radius 1 is 1.32 bits per heavy atom. The molecule has 0 spiro atoms. The van der Waals surface area contributed by atoms with Crippen LogP contribution in [0.25, 0.3) is 0 Å². The van der Waals surface area contributed by atoms with Gasteiger partial charge in [-0.2, -0.15) is 13.2 Å². The zero-order valence-corrected chi connectivity index (χ0v) is 18.3. The van der Waals surface area contributed by atoms with Crippen LogP contribution in [0.5, 0.6) is 0 Å². The van der Waals surface area contributed by atoms with E-state index in [-0.39, 0.29) is 18.9 Å². The average Bonchev–Trinajstić information content (AvgIpc) is 2.76. The molecule has 0 saturated carbocycles. The van der Waals surface area contributed by atoms with E-state index in [1.54, 1.807) is 21.0 Å². The van der Waals surface area contributed by atoms with Crippen molar-refractivity contribution in [2.75, 3.05) is 26.8 Å². The van der Waals surface area contributed by atoms with E-state index in [4.69, 9.17) is 9.47 Å². The van der Waals surface area contributed by atoms with Crippen LogP contribution >= 0.6 is 0 Å². The molecule has 1 fully saturated rings. The number of hydrogen-bond donors (Lipinski definition) is 2. The topological polar surface area (TPSA) is 76.7 Å². The summed E-state index contributed by atoms with van der Waals surface area (Å²) in [6.07, 6.45) is -1.49. The lowest BCUT2D eigenvalue weighted by Gasteiger charge is -2.21. The summed E-state index contributed by atoms with van der Waals surface area (Å²) >= 11 is 0. The first-order chi connectivity index (χ1) is 14.7. The molecule has 1 amide bonds. The van der Waals surface area contributed by atoms with Crippen molar-refractivity contribution in [2.24, 2.45) is 5.92 Å². The van der Waals surface area contributed by atoms with Gasteiger partial charge in [-0.05, 0) is 49.9 Å². The molecular formula is C22H33F3N2O4. The highest BCUT2D eigenvalue weighted by Crippen LogP contribution is 2.29. The molecule has 2 rings (SSSR count). The summed E-state index contributed by atoms with van der Waals surface area (Å²) in [5, 5.41) is 5.84. The van der Waals surface area contributed by atoms with Crippen LogP contribution in [0.2, 0.25) is 0 Å². The van der Waals surface area contributed by atoms with E-state index in [1.165, 1.54) is 31.5 Å². The maximum atomic E-state index is 12.4. The van der Waals surface area contributed by atoms with E-state index in [1.807, 2.05) is 0 Å². The van der Waals surface area contributed by atoms with Crippen molar-refractivity contribution in [3.05, 3.63) is 35.4 Å². The molecule has 176 valence electrons. The summed E-state index contributed by atoms with van der Waals surface area (Å²) in [4.78, 5) is 22.2. The Bertz CT molecular complexity index is 644. The van der Waals surface area contributed by atoms with Gasteiger partial charge in [-0.15, -0.1) is 0 Å². The number of ether oxygens (including phenoxy) is 2. The summed E-state index contributed by atoms with van der Waals surface area (Å²) < 4.78 is 47.8. The Morgan fingerprint density at radius 2 is 2.00 bits per heavy atom. The molecule has 1 aliphatic rings. The highest BCUT2D eigenvalue weighted by atomic mass is 19.4. The molecule has 0 aliphatic carbocycles. The van der Waals surface area contributed by atoms with E-state index in [0.717, 1.165) is 31.2 Å². The number of aldehydes is 1. The molecule has 2 N–H and O–H groups in total. The van der Waals surface area contributed by atoms with Gasteiger partial charge in [0.05, 0.1) is 24.9 Å². The number of carbonyl (C=O) groups is 2. The van der Waals surface area contributed by atoms with Gasteiger partial charge in [0.25, 0.3) is 0 Å². The molecule has 0 radical (unpaired) electrons. The lowest BCUT2D eigenvalue weighted by Crippen LogP contribution is -2.44. The van der Waals surface area contributed by atoms with Crippen LogP contribution in [-0.4, -0.2) is 51.1 Å². The van der Waals surface area contributed by atoms with Crippen molar-refractivity contribution in [3.8, 4) is 0 Å². The third-order valence-corrected chi connectivity index (χ3v) is 4.90. The van der Waals surface area contributed by atoms with Gasteiger partial charge in [0, 0.05) is 20.1 Å². The summed E-state index contributed by atoms with van der Waals surface area (Å²) in [6.45, 7) is 6.58. The quantitative estimate of drug-likeness (QED) is 0.569. The lowest BCUT2D eigenvalue weighted by molar-refractivity contribution is -0.137. The summed E-state index contributed by atoms with van der Waals surface area (Å²) in [5.74, 6) is 0.492. The fraction of sp³-hybridized carbons (Fsp3) is 0.636. The number of amides is 1. The number of methoxy groups -OCH3 is 1. The number of hydrogen-bond acceptors (Lipinski definition) is 5. The first kappa shape index (κ1) is 27.1. The fourth-order valence-electron chi connectivity index (χ4n) is 2.97. The van der Waals surface area contributed by atoms with E-state index in [2.05, 4.69) is 10.6 Å². The van der Waals surface area contributed by atoms with Crippen molar-refractivity contribution in [3.63, 3.8) is 0 Å². The van der Waals surface area contributed by atoms with Gasteiger partial charge in [0.1, 0.15) is 12.3 Å². The number of nitrogens with one attached hydrogen (secondary N) is 2. The minimum atomic E-state index is -4.38. The van der Waals surface area contributed by atoms with Gasteiger partial charge >= 0.3 is 6.18 Å². The van der Waals surface area contributed by atoms with E-state index >= 15 is 0 Å². The van der Waals surface area contributed by atoms with Gasteiger partial charge in [0.2, 0.25) is 5.91 Å². The maximum absolute atomic E-state index is 12.4. The minimum Gasteiger partial charge on any atom is -0.384 e. The molecule has 0 bridgehead atoms. The monoisotopic (exact) mass is 446 g/mol. The number of alkyl halides is 3. The van der Waals surface area contributed by atoms with E-state index in [9.17, 15) is 22.8 Å². The van der Waals surface area contributed by atoms with Crippen molar-refractivity contribution < 1.29 is 32.2 Å². The lowest BCUT2D eigenvalue weighted by atomic mass is 10.0. The summed E-state index contributed by atoms with van der Waals surface area (Å²) in [7, 11) is 1.77. The number of rotatable bonds is 9. The SMILES string of the molecule is CCC(=O)NC(C=O)C(C)OCc1ccc(C(F)(F)F)cc1.COCC1CCCNC1. The Balaban J connectivity index is 0.000000442. The number of piperidine rings is 1. The molecule has 9 heteroatoms. The van der Waals surface area contributed by atoms with E-state index < -0.39 is 23.9 Å². The van der Waals surface area contributed by atoms with Crippen LogP contribution in [0.4, 0.5) is 13.2 Å². The molecule has 31 heavy (non-hydrogen) atoms. The minimum absolute atomic E-state index is 0.0473. The highest BCUT2D eigenvalue weighted by molar-refractivity contribution is 5.79. The average molecular weight is 447 g/mol. The molecule has 6 nitrogen and oxygen atoms in total. The van der Waals surface area contributed by atoms with Gasteiger partial charge in [-0.1, -0.05) is 19.1 Å². The smallest absolute Gasteiger partial charge is 0.384 e. The maximum Gasteiger partial charge on any atom is 0.416 e. The Morgan fingerprint density at radius 3 is 2.48 bits per heavy atom. The molecule has 0 aromatic heterocycles. The zero-order chi connectivity index (χ0) is 23.3. The number of carbonyl (C=O) groups excluding carboxylic acids is 2. The Hall–Kier alpha value is -1.97. The highest BCUT2D eigenvalue weighted by Gasteiger charge is 2.30. The molecule has 1 aromatic rings. The third-order valence-electron chi connectivity index (χ3n) is 4.90. The second kappa shape index (κ2) is 14.2. The fourth-order valence-corrected chi connectivity index (χ4v) is 2.97. The predicted octanol–water partition coefficient (Wildman–Crippen LogP) is 3.34. The van der Waals surface area contributed by atoms with Crippen molar-refractivity contribution >= 4 is 12.2 Å². The normalized spacial score (nSPS) is 18.3. The van der Waals surface area contributed by atoms with Gasteiger partial charge in [-0.3, -0.25) is 4.79 Å². The van der Waals surface area contributed by atoms with Gasteiger partial charge in [-0.25, -0.2) is 0 Å². The largest absolute Gasteiger partial charge is 0.416 e. The molecular weight excluding hydrogens is 413 g/mol. The Kier molecular flexibility index (Phi) is 12.4. The van der Waals surface area contributed by atoms with Crippen molar-refractivity contribution in [1.82, 2.24) is 10.6 Å². The summed E-state index contributed by atoms with van der Waals surface area (Å²) in [6, 6.07) is 3.78. The van der Waals surface area contributed by atoms with Crippen LogP contribution in [0.1, 0.15) is 44.2 Å². The second-order valence-electron chi connectivity index (χ2n) is 7.46. The second-order valence-corrected chi connectivity index (χ2v) is 7.46. The molecule has 1 heterocycles. The van der Waals surface area contributed by atoms with Crippen molar-refractivity contribution in [2.45, 2.75) is 58.0 Å². The molecule has 3 atom stereocenters. The number of halogens is 3. The molecule has 1 aliphatic heterocycles. The van der Waals surface area contributed by atoms with Gasteiger partial charge in [0.15, 0.2) is 0 Å². The standard InChI is InChI=1S/C15H18F3NO3.C7H15NO/c1-3-14(21)19-13(8-20)10(2)22-9-11-4-6-12(7-5-11)15(16,17)18;1-9-6-7-3-2-4-8-5-7/h4-8,10,13H,3,9H2,1-2H3,(H,19,21);7-8H,2-6H2,1H3. The van der Waals surface area contributed by atoms with Crippen molar-refractivity contribution in [1.29, 1.82) is 0 Å². The molecule has 1 aromatic carbocycles.